The molecule has 0 unspecified atom stereocenters. The van der Waals surface area contributed by atoms with E-state index >= 15 is 0 Å². The summed E-state index contributed by atoms with van der Waals surface area (Å²) in [5.74, 6) is 1.48. The zero-order valence-corrected chi connectivity index (χ0v) is 12.9. The number of H-pyrrole nitrogens is 1. The van der Waals surface area contributed by atoms with Crippen molar-refractivity contribution in [2.45, 2.75) is 13.0 Å². The second-order valence-corrected chi connectivity index (χ2v) is 5.40. The van der Waals surface area contributed by atoms with E-state index in [2.05, 4.69) is 10.3 Å². The number of aromatic nitrogens is 1. The van der Waals surface area contributed by atoms with Crippen LogP contribution in [-0.4, -0.2) is 18.1 Å². The summed E-state index contributed by atoms with van der Waals surface area (Å²) in [6.07, 6.45) is 2.42. The fourth-order valence-corrected chi connectivity index (χ4v) is 2.59. The lowest BCUT2D eigenvalue weighted by atomic mass is 10.2. The Labute approximate surface area is 137 Å². The van der Waals surface area contributed by atoms with Crippen LogP contribution in [0.4, 0.5) is 11.5 Å². The molecule has 0 radical (unpaired) electrons. The Bertz CT molecular complexity index is 739. The summed E-state index contributed by atoms with van der Waals surface area (Å²) in [6.45, 7) is 1.49. The molecular formula is C15H15ClN3O4+. The van der Waals surface area contributed by atoms with Gasteiger partial charge < -0.3 is 9.47 Å². The molecule has 0 bridgehead atoms. The third-order valence-electron chi connectivity index (χ3n) is 3.36. The van der Waals surface area contributed by atoms with Gasteiger partial charge in [-0.3, -0.25) is 15.4 Å². The first kappa shape index (κ1) is 15.4. The first-order chi connectivity index (χ1) is 11.1. The summed E-state index contributed by atoms with van der Waals surface area (Å²) in [7, 11) is 0. The summed E-state index contributed by atoms with van der Waals surface area (Å²) in [4.78, 5) is 13.4. The molecule has 0 saturated carbocycles. The molecule has 0 spiro atoms. The number of aromatic amines is 1. The standard InChI is InChI=1S/C15H14ClN3O4/c16-11-7-10(8-13-14(11)23-6-2-5-22-13)9-18-15-12(19(20)21)3-1-4-17-15/h1,3-4,7-8H,2,5-6,9H2,(H,17,18)/p+1. The van der Waals surface area contributed by atoms with Crippen LogP contribution in [0.5, 0.6) is 11.5 Å². The number of ether oxygens (including phenoxy) is 2. The van der Waals surface area contributed by atoms with Gasteiger partial charge in [0.05, 0.1) is 29.4 Å². The van der Waals surface area contributed by atoms with Gasteiger partial charge in [0.15, 0.2) is 11.5 Å². The first-order valence-corrected chi connectivity index (χ1v) is 7.50. The molecule has 0 amide bonds. The smallest absolute Gasteiger partial charge is 0.357 e. The van der Waals surface area contributed by atoms with Crippen LogP contribution in [0.1, 0.15) is 12.0 Å². The molecule has 0 fully saturated rings. The quantitative estimate of drug-likeness (QED) is 0.685. The second-order valence-electron chi connectivity index (χ2n) is 5.00. The van der Waals surface area contributed by atoms with E-state index in [0.29, 0.717) is 42.1 Å². The Morgan fingerprint density at radius 3 is 3.00 bits per heavy atom. The monoisotopic (exact) mass is 336 g/mol. The molecule has 7 nitrogen and oxygen atoms in total. The van der Waals surface area contributed by atoms with E-state index in [1.807, 2.05) is 6.07 Å². The van der Waals surface area contributed by atoms with Crippen LogP contribution in [0.25, 0.3) is 0 Å². The van der Waals surface area contributed by atoms with Gasteiger partial charge in [-0.05, 0) is 23.8 Å². The van der Waals surface area contributed by atoms with Crippen molar-refractivity contribution in [2.24, 2.45) is 0 Å². The molecule has 120 valence electrons. The number of fused-ring (bicyclic) bond motifs is 1. The van der Waals surface area contributed by atoms with Crippen LogP contribution < -0.4 is 19.8 Å². The molecule has 2 heterocycles. The van der Waals surface area contributed by atoms with Crippen LogP contribution in [0.15, 0.2) is 30.5 Å². The Morgan fingerprint density at radius 1 is 1.35 bits per heavy atom. The molecule has 0 aliphatic carbocycles. The summed E-state index contributed by atoms with van der Waals surface area (Å²) in [5.41, 5.74) is 0.818. The van der Waals surface area contributed by atoms with Crippen molar-refractivity contribution in [3.8, 4) is 11.5 Å². The van der Waals surface area contributed by atoms with Crippen molar-refractivity contribution in [1.29, 1.82) is 0 Å². The number of hydrogen-bond acceptors (Lipinski definition) is 5. The van der Waals surface area contributed by atoms with E-state index in [1.54, 1.807) is 18.3 Å². The van der Waals surface area contributed by atoms with Gasteiger partial charge in [0, 0.05) is 12.5 Å². The molecule has 3 rings (SSSR count). The second kappa shape index (κ2) is 6.70. The summed E-state index contributed by atoms with van der Waals surface area (Å²) in [6, 6.07) is 6.60. The maximum Gasteiger partial charge on any atom is 0.357 e. The predicted molar refractivity (Wildman–Crippen MR) is 84.0 cm³/mol. The van der Waals surface area contributed by atoms with Crippen molar-refractivity contribution in [3.63, 3.8) is 0 Å². The Hall–Kier alpha value is -2.54. The summed E-state index contributed by atoms with van der Waals surface area (Å²) >= 11 is 6.23. The number of halogens is 1. The maximum atomic E-state index is 11.0. The van der Waals surface area contributed by atoms with Gasteiger partial charge in [-0.2, -0.15) is 0 Å². The lowest BCUT2D eigenvalue weighted by Crippen LogP contribution is -2.14. The van der Waals surface area contributed by atoms with Crippen molar-refractivity contribution < 1.29 is 19.4 Å². The summed E-state index contributed by atoms with van der Waals surface area (Å²) < 4.78 is 11.2. The maximum absolute atomic E-state index is 11.0. The lowest BCUT2D eigenvalue weighted by Gasteiger charge is -2.10. The predicted octanol–water partition coefficient (Wildman–Crippen LogP) is 2.84. The van der Waals surface area contributed by atoms with E-state index in [0.717, 1.165) is 12.0 Å². The molecule has 1 aliphatic rings. The average Bonchev–Trinajstić information content (AvgIpc) is 2.79. The fourth-order valence-electron chi connectivity index (χ4n) is 2.30. The molecule has 2 N–H and O–H groups in total. The first-order valence-electron chi connectivity index (χ1n) is 7.12. The minimum atomic E-state index is -0.445. The summed E-state index contributed by atoms with van der Waals surface area (Å²) in [5, 5.41) is 14.5. The normalized spacial score (nSPS) is 13.3. The van der Waals surface area contributed by atoms with Crippen molar-refractivity contribution in [1.82, 2.24) is 0 Å². The van der Waals surface area contributed by atoms with Crippen molar-refractivity contribution in [3.05, 3.63) is 51.2 Å². The molecule has 1 aliphatic heterocycles. The fraction of sp³-hybridized carbons (Fsp3) is 0.267. The molecule has 1 aromatic carbocycles. The topological polar surface area (TPSA) is 87.8 Å². The zero-order valence-electron chi connectivity index (χ0n) is 12.2. The average molecular weight is 337 g/mol. The molecular weight excluding hydrogens is 322 g/mol. The molecule has 0 saturated heterocycles. The van der Waals surface area contributed by atoms with Gasteiger partial charge >= 0.3 is 11.5 Å². The van der Waals surface area contributed by atoms with Crippen LogP contribution in [0.2, 0.25) is 5.02 Å². The largest absolute Gasteiger partial charge is 0.489 e. The highest BCUT2D eigenvalue weighted by Crippen LogP contribution is 2.38. The Kier molecular flexibility index (Phi) is 4.47. The van der Waals surface area contributed by atoms with Crippen LogP contribution >= 0.6 is 11.6 Å². The Balaban J connectivity index is 1.80. The number of pyridine rings is 1. The highest BCUT2D eigenvalue weighted by molar-refractivity contribution is 6.32. The van der Waals surface area contributed by atoms with Gasteiger partial charge in [0.2, 0.25) is 0 Å². The van der Waals surface area contributed by atoms with E-state index in [4.69, 9.17) is 21.1 Å². The third kappa shape index (κ3) is 3.45. The molecule has 2 aromatic rings. The van der Waals surface area contributed by atoms with Crippen LogP contribution in [0.3, 0.4) is 0 Å². The molecule has 1 aromatic heterocycles. The number of rotatable bonds is 4. The van der Waals surface area contributed by atoms with Gasteiger partial charge in [0.1, 0.15) is 6.54 Å². The molecule has 0 atom stereocenters. The van der Waals surface area contributed by atoms with Gasteiger partial charge in [0.25, 0.3) is 0 Å². The number of nitrogens with zero attached hydrogens (tertiary/aromatic N) is 1. The van der Waals surface area contributed by atoms with Gasteiger partial charge in [-0.1, -0.05) is 11.6 Å². The van der Waals surface area contributed by atoms with E-state index in [1.165, 1.54) is 6.07 Å². The minimum absolute atomic E-state index is 0.0204. The van der Waals surface area contributed by atoms with Gasteiger partial charge in [-0.15, -0.1) is 0 Å². The number of anilines is 1. The number of nitrogens with one attached hydrogen (secondary N) is 2. The number of benzene rings is 1. The minimum Gasteiger partial charge on any atom is -0.489 e. The van der Waals surface area contributed by atoms with E-state index < -0.39 is 4.92 Å². The van der Waals surface area contributed by atoms with Crippen LogP contribution in [-0.2, 0) is 6.54 Å². The van der Waals surface area contributed by atoms with Crippen molar-refractivity contribution in [2.75, 3.05) is 18.5 Å². The SMILES string of the molecule is O=[N+]([O-])c1ccc[nH+]c1NCc1cc(Cl)c2c(c1)OCCCO2. The number of nitro groups is 1. The molecule has 23 heavy (non-hydrogen) atoms. The molecule has 8 heteroatoms. The zero-order chi connectivity index (χ0) is 16.2. The third-order valence-corrected chi connectivity index (χ3v) is 3.64. The highest BCUT2D eigenvalue weighted by atomic mass is 35.5. The highest BCUT2D eigenvalue weighted by Gasteiger charge is 2.21. The van der Waals surface area contributed by atoms with Gasteiger partial charge in [-0.25, -0.2) is 4.98 Å². The Morgan fingerprint density at radius 2 is 2.17 bits per heavy atom. The van der Waals surface area contributed by atoms with E-state index in [9.17, 15) is 10.1 Å². The van der Waals surface area contributed by atoms with Crippen molar-refractivity contribution >= 4 is 23.1 Å². The number of hydrogen-bond donors (Lipinski definition) is 1. The van der Waals surface area contributed by atoms with Crippen LogP contribution in [0, 0.1) is 10.1 Å². The van der Waals surface area contributed by atoms with E-state index in [-0.39, 0.29) is 5.69 Å². The lowest BCUT2D eigenvalue weighted by molar-refractivity contribution is -0.409.